The second-order valence-electron chi connectivity index (χ2n) is 6.67. The van der Waals surface area contributed by atoms with Crippen molar-refractivity contribution < 1.29 is 9.59 Å². The lowest BCUT2D eigenvalue weighted by Crippen LogP contribution is -2.30. The Hall–Kier alpha value is -3.61. The van der Waals surface area contributed by atoms with E-state index in [1.54, 1.807) is 29.4 Å². The number of carbonyl (C=O) groups is 2. The van der Waals surface area contributed by atoms with E-state index in [1.165, 1.54) is 6.20 Å². The van der Waals surface area contributed by atoms with Gasteiger partial charge in [0.25, 0.3) is 5.91 Å². The molecule has 28 heavy (non-hydrogen) atoms. The highest BCUT2D eigenvalue weighted by atomic mass is 16.2. The highest BCUT2D eigenvalue weighted by molar-refractivity contribution is 5.96. The number of carbonyl (C=O) groups excluding carboxylic acids is 2. The summed E-state index contributed by atoms with van der Waals surface area (Å²) in [5, 5.41) is 10.3. The van der Waals surface area contributed by atoms with Crippen LogP contribution in [-0.2, 0) is 17.8 Å². The zero-order valence-corrected chi connectivity index (χ0v) is 15.4. The van der Waals surface area contributed by atoms with Crippen molar-refractivity contribution in [2.24, 2.45) is 0 Å². The van der Waals surface area contributed by atoms with Crippen molar-refractivity contribution in [2.75, 3.05) is 11.9 Å². The number of hydrogen-bond acceptors (Lipinski definition) is 5. The highest BCUT2D eigenvalue weighted by Gasteiger charge is 2.21. The fourth-order valence-electron chi connectivity index (χ4n) is 3.27. The van der Waals surface area contributed by atoms with Crippen LogP contribution in [0.25, 0.3) is 11.1 Å². The standard InChI is InChI=1S/C21H19N5O2/c1-26-19-6-4-15(10-16(19)5-7-20(26)27)17-9-14(11-22-13-17)12-23-21(28)18-3-2-8-24-25-18/h2-4,6,8-11,13H,5,7,12H2,1H3,(H,23,28). The number of benzene rings is 1. The van der Waals surface area contributed by atoms with Crippen molar-refractivity contribution in [3.05, 3.63) is 71.8 Å². The Labute approximate surface area is 162 Å². The molecule has 2 amide bonds. The predicted octanol–water partition coefficient (Wildman–Crippen LogP) is 2.38. The average molecular weight is 373 g/mol. The number of nitrogens with zero attached hydrogens (tertiary/aromatic N) is 4. The third kappa shape index (κ3) is 3.59. The summed E-state index contributed by atoms with van der Waals surface area (Å²) in [5.41, 5.74) is 5.28. The van der Waals surface area contributed by atoms with Crippen molar-refractivity contribution >= 4 is 17.5 Å². The van der Waals surface area contributed by atoms with Gasteiger partial charge < -0.3 is 10.2 Å². The molecule has 3 aromatic rings. The number of anilines is 1. The molecular formula is C21H19N5O2. The Balaban J connectivity index is 1.51. The number of aromatic nitrogens is 3. The van der Waals surface area contributed by atoms with E-state index in [-0.39, 0.29) is 17.5 Å². The number of aryl methyl sites for hydroxylation is 1. The minimum atomic E-state index is -0.278. The summed E-state index contributed by atoms with van der Waals surface area (Å²) in [6.45, 7) is 0.346. The molecule has 1 aliphatic heterocycles. The molecule has 0 unspecified atom stereocenters. The maximum atomic E-state index is 12.1. The lowest BCUT2D eigenvalue weighted by Gasteiger charge is -2.26. The number of fused-ring (bicyclic) bond motifs is 1. The third-order valence-corrected chi connectivity index (χ3v) is 4.81. The number of amides is 2. The van der Waals surface area contributed by atoms with Gasteiger partial charge in [0.05, 0.1) is 0 Å². The monoisotopic (exact) mass is 373 g/mol. The Kier molecular flexibility index (Phi) is 4.80. The van der Waals surface area contributed by atoms with Crippen LogP contribution < -0.4 is 10.2 Å². The first-order valence-electron chi connectivity index (χ1n) is 9.01. The van der Waals surface area contributed by atoms with Crippen LogP contribution in [0.3, 0.4) is 0 Å². The van der Waals surface area contributed by atoms with E-state index >= 15 is 0 Å². The molecule has 140 valence electrons. The van der Waals surface area contributed by atoms with Crippen LogP contribution in [0.2, 0.25) is 0 Å². The first-order valence-corrected chi connectivity index (χ1v) is 9.01. The third-order valence-electron chi connectivity index (χ3n) is 4.81. The van der Waals surface area contributed by atoms with Gasteiger partial charge >= 0.3 is 0 Å². The molecule has 0 fully saturated rings. The topological polar surface area (TPSA) is 88.1 Å². The quantitative estimate of drug-likeness (QED) is 0.759. The molecule has 7 heteroatoms. The van der Waals surface area contributed by atoms with E-state index in [0.29, 0.717) is 13.0 Å². The predicted molar refractivity (Wildman–Crippen MR) is 105 cm³/mol. The molecule has 1 N–H and O–H groups in total. The first kappa shape index (κ1) is 17.8. The van der Waals surface area contributed by atoms with E-state index in [9.17, 15) is 9.59 Å². The summed E-state index contributed by atoms with van der Waals surface area (Å²) in [7, 11) is 1.81. The largest absolute Gasteiger partial charge is 0.347 e. The van der Waals surface area contributed by atoms with E-state index in [0.717, 1.165) is 34.4 Å². The van der Waals surface area contributed by atoms with Crippen molar-refractivity contribution in [2.45, 2.75) is 19.4 Å². The molecule has 0 atom stereocenters. The molecule has 4 rings (SSSR count). The number of rotatable bonds is 4. The van der Waals surface area contributed by atoms with Gasteiger partial charge in [0, 0.05) is 49.9 Å². The van der Waals surface area contributed by atoms with Gasteiger partial charge in [0.2, 0.25) is 5.91 Å². The van der Waals surface area contributed by atoms with Gasteiger partial charge in [-0.3, -0.25) is 14.6 Å². The Morgan fingerprint density at radius 2 is 2.04 bits per heavy atom. The molecule has 0 spiro atoms. The molecule has 0 saturated heterocycles. The summed E-state index contributed by atoms with van der Waals surface area (Å²) in [5.74, 6) is -0.136. The van der Waals surface area contributed by atoms with Crippen LogP contribution in [0.5, 0.6) is 0 Å². The molecular weight excluding hydrogens is 354 g/mol. The summed E-state index contributed by atoms with van der Waals surface area (Å²) in [6.07, 6.45) is 6.32. The molecule has 7 nitrogen and oxygen atoms in total. The van der Waals surface area contributed by atoms with Crippen LogP contribution in [0, 0.1) is 0 Å². The number of hydrogen-bond donors (Lipinski definition) is 1. The van der Waals surface area contributed by atoms with Gasteiger partial charge in [0.15, 0.2) is 5.69 Å². The van der Waals surface area contributed by atoms with E-state index in [2.05, 4.69) is 26.6 Å². The maximum Gasteiger partial charge on any atom is 0.272 e. The molecule has 0 saturated carbocycles. The molecule has 0 radical (unpaired) electrons. The zero-order valence-electron chi connectivity index (χ0n) is 15.4. The number of nitrogens with one attached hydrogen (secondary N) is 1. The van der Waals surface area contributed by atoms with Crippen LogP contribution in [0.4, 0.5) is 5.69 Å². The second-order valence-corrected chi connectivity index (χ2v) is 6.67. The van der Waals surface area contributed by atoms with Crippen LogP contribution >= 0.6 is 0 Å². The van der Waals surface area contributed by atoms with E-state index < -0.39 is 0 Å². The van der Waals surface area contributed by atoms with Crippen LogP contribution in [0.15, 0.2) is 55.0 Å². The minimum Gasteiger partial charge on any atom is -0.347 e. The fraction of sp³-hybridized carbons (Fsp3) is 0.190. The summed E-state index contributed by atoms with van der Waals surface area (Å²) < 4.78 is 0. The molecule has 0 aliphatic carbocycles. The van der Waals surface area contributed by atoms with Crippen molar-refractivity contribution in [3.63, 3.8) is 0 Å². The summed E-state index contributed by atoms with van der Waals surface area (Å²) in [6, 6.07) is 11.4. The minimum absolute atomic E-state index is 0.141. The normalized spacial score (nSPS) is 13.2. The van der Waals surface area contributed by atoms with Gasteiger partial charge in [-0.1, -0.05) is 6.07 Å². The Bertz CT molecular complexity index is 1040. The average Bonchev–Trinajstić information content (AvgIpc) is 2.75. The van der Waals surface area contributed by atoms with Crippen LogP contribution in [-0.4, -0.2) is 34.0 Å². The van der Waals surface area contributed by atoms with Crippen molar-refractivity contribution in [3.8, 4) is 11.1 Å². The molecule has 2 aromatic heterocycles. The SMILES string of the molecule is CN1C(=O)CCc2cc(-c3cncc(CNC(=O)c4cccnn4)c3)ccc21. The molecule has 1 aliphatic rings. The maximum absolute atomic E-state index is 12.1. The van der Waals surface area contributed by atoms with Gasteiger partial charge in [-0.2, -0.15) is 5.10 Å². The molecule has 1 aromatic carbocycles. The molecule has 3 heterocycles. The van der Waals surface area contributed by atoms with Gasteiger partial charge in [0.1, 0.15) is 0 Å². The lowest BCUT2D eigenvalue weighted by molar-refractivity contribution is -0.118. The van der Waals surface area contributed by atoms with Crippen molar-refractivity contribution in [1.82, 2.24) is 20.5 Å². The first-order chi connectivity index (χ1) is 13.6. The fourth-order valence-corrected chi connectivity index (χ4v) is 3.27. The smallest absolute Gasteiger partial charge is 0.272 e. The number of pyridine rings is 1. The lowest BCUT2D eigenvalue weighted by atomic mass is 9.96. The van der Waals surface area contributed by atoms with Crippen LogP contribution in [0.1, 0.15) is 28.0 Å². The highest BCUT2D eigenvalue weighted by Crippen LogP contribution is 2.31. The summed E-state index contributed by atoms with van der Waals surface area (Å²) >= 11 is 0. The van der Waals surface area contributed by atoms with Gasteiger partial charge in [-0.05, 0) is 53.4 Å². The van der Waals surface area contributed by atoms with E-state index in [4.69, 9.17) is 0 Å². The van der Waals surface area contributed by atoms with E-state index in [1.807, 2.05) is 25.2 Å². The second kappa shape index (κ2) is 7.56. The summed E-state index contributed by atoms with van der Waals surface area (Å²) in [4.78, 5) is 30.0. The van der Waals surface area contributed by atoms with Gasteiger partial charge in [-0.15, -0.1) is 5.10 Å². The van der Waals surface area contributed by atoms with Gasteiger partial charge in [-0.25, -0.2) is 0 Å². The Morgan fingerprint density at radius 1 is 1.14 bits per heavy atom. The molecule has 0 bridgehead atoms. The van der Waals surface area contributed by atoms with Crippen molar-refractivity contribution in [1.29, 1.82) is 0 Å². The Morgan fingerprint density at radius 3 is 2.86 bits per heavy atom. The zero-order chi connectivity index (χ0) is 19.5.